The number of aliphatic hydroxyl groups is 1. The van der Waals surface area contributed by atoms with E-state index in [1.807, 2.05) is 4.68 Å². The zero-order valence-electron chi connectivity index (χ0n) is 11.8. The summed E-state index contributed by atoms with van der Waals surface area (Å²) in [5, 5.41) is 13.9. The third kappa shape index (κ3) is 2.98. The number of aliphatic hydroxyl groups excluding tert-OH is 1. The van der Waals surface area contributed by atoms with Crippen LogP contribution in [-0.2, 0) is 19.4 Å². The molecule has 2 aliphatic heterocycles. The van der Waals surface area contributed by atoms with Gasteiger partial charge in [-0.15, -0.1) is 0 Å². The van der Waals surface area contributed by atoms with E-state index in [0.717, 1.165) is 43.4 Å². The molecule has 0 saturated carbocycles. The maximum Gasteiger partial charge on any atom is 0.151 e. The van der Waals surface area contributed by atoms with Gasteiger partial charge in [0.2, 0.25) is 0 Å². The molecule has 0 amide bonds. The number of rotatable bonds is 3. The predicted molar refractivity (Wildman–Crippen MR) is 72.8 cm³/mol. The van der Waals surface area contributed by atoms with Gasteiger partial charge in [-0.3, -0.25) is 0 Å². The standard InChI is InChI=1S/C14H24N4O/c1-17-6-4-11(5-7-17)8-13-15-14-3-2-12(10-19)9-18(14)16-13/h11-12,19H,2-10H2,1H3. The van der Waals surface area contributed by atoms with Crippen molar-refractivity contribution in [2.24, 2.45) is 11.8 Å². The van der Waals surface area contributed by atoms with Gasteiger partial charge in [-0.25, -0.2) is 9.67 Å². The van der Waals surface area contributed by atoms with Crippen LogP contribution >= 0.6 is 0 Å². The fraction of sp³-hybridized carbons (Fsp3) is 0.857. The molecule has 0 aromatic carbocycles. The monoisotopic (exact) mass is 264 g/mol. The van der Waals surface area contributed by atoms with Crippen LogP contribution in [0.5, 0.6) is 0 Å². The van der Waals surface area contributed by atoms with Crippen LogP contribution in [0, 0.1) is 11.8 Å². The molecule has 1 unspecified atom stereocenters. The van der Waals surface area contributed by atoms with E-state index in [1.165, 1.54) is 25.9 Å². The van der Waals surface area contributed by atoms with E-state index in [2.05, 4.69) is 22.0 Å². The molecule has 1 fully saturated rings. The lowest BCUT2D eigenvalue weighted by Gasteiger charge is -2.28. The molecule has 19 heavy (non-hydrogen) atoms. The number of nitrogens with zero attached hydrogens (tertiary/aromatic N) is 4. The van der Waals surface area contributed by atoms with Crippen LogP contribution in [0.3, 0.4) is 0 Å². The van der Waals surface area contributed by atoms with Gasteiger partial charge in [0.05, 0.1) is 0 Å². The molecule has 3 rings (SSSR count). The predicted octanol–water partition coefficient (Wildman–Crippen LogP) is 0.717. The first-order chi connectivity index (χ1) is 9.24. The van der Waals surface area contributed by atoms with Gasteiger partial charge in [0.25, 0.3) is 0 Å². The minimum atomic E-state index is 0.267. The first-order valence-electron chi connectivity index (χ1n) is 7.46. The molecule has 0 bridgehead atoms. The second-order valence-electron chi connectivity index (χ2n) is 6.16. The number of hydrogen-bond acceptors (Lipinski definition) is 4. The van der Waals surface area contributed by atoms with Crippen molar-refractivity contribution in [3.05, 3.63) is 11.6 Å². The zero-order valence-corrected chi connectivity index (χ0v) is 11.8. The zero-order chi connectivity index (χ0) is 13.2. The molecule has 1 aromatic heterocycles. The fourth-order valence-electron chi connectivity index (χ4n) is 3.19. The Kier molecular flexibility index (Phi) is 3.84. The summed E-state index contributed by atoms with van der Waals surface area (Å²) < 4.78 is 2.02. The first kappa shape index (κ1) is 13.1. The fourth-order valence-corrected chi connectivity index (χ4v) is 3.19. The molecule has 0 aliphatic carbocycles. The van der Waals surface area contributed by atoms with Gasteiger partial charge in [0.15, 0.2) is 5.82 Å². The second-order valence-corrected chi connectivity index (χ2v) is 6.16. The van der Waals surface area contributed by atoms with Crippen molar-refractivity contribution in [3.63, 3.8) is 0 Å². The van der Waals surface area contributed by atoms with E-state index in [-0.39, 0.29) is 6.61 Å². The van der Waals surface area contributed by atoms with Crippen LogP contribution in [0.4, 0.5) is 0 Å². The van der Waals surface area contributed by atoms with E-state index in [0.29, 0.717) is 5.92 Å². The molecular weight excluding hydrogens is 240 g/mol. The average Bonchev–Trinajstić information content (AvgIpc) is 2.82. The summed E-state index contributed by atoms with van der Waals surface area (Å²) in [6.07, 6.45) is 5.56. The smallest absolute Gasteiger partial charge is 0.151 e. The van der Waals surface area contributed by atoms with Crippen LogP contribution in [0.25, 0.3) is 0 Å². The number of hydrogen-bond donors (Lipinski definition) is 1. The Balaban J connectivity index is 1.62. The van der Waals surface area contributed by atoms with Crippen molar-refractivity contribution >= 4 is 0 Å². The largest absolute Gasteiger partial charge is 0.396 e. The minimum absolute atomic E-state index is 0.267. The summed E-state index contributed by atoms with van der Waals surface area (Å²) in [6, 6.07) is 0. The molecule has 5 heteroatoms. The van der Waals surface area contributed by atoms with Crippen LogP contribution in [0.15, 0.2) is 0 Å². The molecule has 5 nitrogen and oxygen atoms in total. The number of aryl methyl sites for hydroxylation is 1. The summed E-state index contributed by atoms with van der Waals surface area (Å²) in [5.41, 5.74) is 0. The summed E-state index contributed by atoms with van der Waals surface area (Å²) >= 11 is 0. The van der Waals surface area contributed by atoms with Crippen molar-refractivity contribution in [2.45, 2.75) is 38.6 Å². The van der Waals surface area contributed by atoms with E-state index >= 15 is 0 Å². The van der Waals surface area contributed by atoms with Crippen molar-refractivity contribution in [2.75, 3.05) is 26.7 Å². The van der Waals surface area contributed by atoms with Crippen LogP contribution in [0.2, 0.25) is 0 Å². The molecule has 1 N–H and O–H groups in total. The molecule has 0 spiro atoms. The Morgan fingerprint density at radius 1 is 1.21 bits per heavy atom. The highest BCUT2D eigenvalue weighted by Gasteiger charge is 2.23. The average molecular weight is 264 g/mol. The quantitative estimate of drug-likeness (QED) is 0.874. The van der Waals surface area contributed by atoms with Crippen molar-refractivity contribution < 1.29 is 5.11 Å². The highest BCUT2D eigenvalue weighted by Crippen LogP contribution is 2.22. The van der Waals surface area contributed by atoms with Crippen molar-refractivity contribution in [1.29, 1.82) is 0 Å². The maximum atomic E-state index is 9.24. The van der Waals surface area contributed by atoms with Gasteiger partial charge < -0.3 is 10.0 Å². The van der Waals surface area contributed by atoms with E-state index in [1.54, 1.807) is 0 Å². The molecule has 1 saturated heterocycles. The van der Waals surface area contributed by atoms with Gasteiger partial charge in [-0.2, -0.15) is 5.10 Å². The molecular formula is C14H24N4O. The number of aromatic nitrogens is 3. The SMILES string of the molecule is CN1CCC(Cc2nc3n(n2)CC(CO)CC3)CC1. The number of fused-ring (bicyclic) bond motifs is 1. The lowest BCUT2D eigenvalue weighted by Crippen LogP contribution is -2.31. The third-order valence-corrected chi connectivity index (χ3v) is 4.57. The first-order valence-corrected chi connectivity index (χ1v) is 7.46. The Morgan fingerprint density at radius 3 is 2.74 bits per heavy atom. The Hall–Kier alpha value is -0.940. The normalized spacial score (nSPS) is 25.5. The Morgan fingerprint density at radius 2 is 2.00 bits per heavy atom. The summed E-state index contributed by atoms with van der Waals surface area (Å²) in [5.74, 6) is 3.25. The molecule has 1 aromatic rings. The van der Waals surface area contributed by atoms with Gasteiger partial charge in [-0.05, 0) is 45.3 Å². The number of likely N-dealkylation sites (tertiary alicyclic amines) is 1. The lowest BCUT2D eigenvalue weighted by molar-refractivity contribution is 0.185. The van der Waals surface area contributed by atoms with Crippen LogP contribution in [0.1, 0.15) is 30.9 Å². The van der Waals surface area contributed by atoms with E-state index < -0.39 is 0 Å². The third-order valence-electron chi connectivity index (χ3n) is 4.57. The second kappa shape index (κ2) is 5.59. The topological polar surface area (TPSA) is 54.2 Å². The Labute approximate surface area is 114 Å². The highest BCUT2D eigenvalue weighted by molar-refractivity contribution is 4.98. The molecule has 2 aliphatic rings. The van der Waals surface area contributed by atoms with Crippen LogP contribution in [-0.4, -0.2) is 51.5 Å². The Bertz CT molecular complexity index is 423. The van der Waals surface area contributed by atoms with Gasteiger partial charge >= 0.3 is 0 Å². The summed E-state index contributed by atoms with van der Waals surface area (Å²) in [7, 11) is 2.19. The van der Waals surface area contributed by atoms with E-state index in [9.17, 15) is 5.11 Å². The van der Waals surface area contributed by atoms with Crippen molar-refractivity contribution in [1.82, 2.24) is 19.7 Å². The van der Waals surface area contributed by atoms with Gasteiger partial charge in [0.1, 0.15) is 5.82 Å². The number of piperidine rings is 1. The summed E-state index contributed by atoms with van der Waals surface area (Å²) in [6.45, 7) is 3.51. The van der Waals surface area contributed by atoms with Crippen LogP contribution < -0.4 is 0 Å². The van der Waals surface area contributed by atoms with E-state index in [4.69, 9.17) is 0 Å². The molecule has 106 valence electrons. The van der Waals surface area contributed by atoms with Crippen molar-refractivity contribution in [3.8, 4) is 0 Å². The molecule has 3 heterocycles. The molecule has 1 atom stereocenters. The summed E-state index contributed by atoms with van der Waals surface area (Å²) in [4.78, 5) is 7.09. The van der Waals surface area contributed by atoms with Gasteiger partial charge in [0, 0.05) is 31.9 Å². The van der Waals surface area contributed by atoms with Gasteiger partial charge in [-0.1, -0.05) is 0 Å². The lowest BCUT2D eigenvalue weighted by atomic mass is 9.94. The maximum absolute atomic E-state index is 9.24. The highest BCUT2D eigenvalue weighted by atomic mass is 16.3. The minimum Gasteiger partial charge on any atom is -0.396 e. The molecule has 0 radical (unpaired) electrons.